The molecule has 1 aromatic rings. The van der Waals surface area contributed by atoms with Crippen LogP contribution in [0, 0.1) is 0 Å². The zero-order chi connectivity index (χ0) is 21.5. The van der Waals surface area contributed by atoms with Gasteiger partial charge in [-0.15, -0.1) is 35.3 Å². The summed E-state index contributed by atoms with van der Waals surface area (Å²) in [5.41, 5.74) is 0. The van der Waals surface area contributed by atoms with Crippen molar-refractivity contribution in [1.82, 2.24) is 14.9 Å². The number of sulfonamides is 1. The molecule has 2 N–H and O–H groups in total. The lowest BCUT2D eigenvalue weighted by Crippen LogP contribution is -2.38. The fourth-order valence-corrected chi connectivity index (χ4v) is 5.64. The van der Waals surface area contributed by atoms with E-state index in [1.54, 1.807) is 6.07 Å². The molecular weight excluding hydrogens is 535 g/mol. The van der Waals surface area contributed by atoms with Crippen LogP contribution < -0.4 is 10.6 Å². The highest BCUT2D eigenvalue weighted by molar-refractivity contribution is 14.0. The molecule has 0 unspecified atom stereocenters. The van der Waals surface area contributed by atoms with Gasteiger partial charge in [-0.1, -0.05) is 27.2 Å². The Morgan fingerprint density at radius 1 is 1.10 bits per heavy atom. The maximum absolute atomic E-state index is 12.6. The highest BCUT2D eigenvalue weighted by Crippen LogP contribution is 2.25. The molecule has 0 spiro atoms. The number of halogens is 1. The van der Waals surface area contributed by atoms with Crippen LogP contribution in [0.3, 0.4) is 0 Å². The molecule has 176 valence electrons. The highest BCUT2D eigenvalue weighted by atomic mass is 127. The molecule has 0 aliphatic heterocycles. The van der Waals surface area contributed by atoms with Crippen LogP contribution in [0.4, 0.5) is 0 Å². The van der Waals surface area contributed by atoms with Crippen molar-refractivity contribution < 1.29 is 13.2 Å². The second kappa shape index (κ2) is 17.2. The van der Waals surface area contributed by atoms with Gasteiger partial charge in [0.1, 0.15) is 4.21 Å². The minimum Gasteiger partial charge on any atom is -0.381 e. The summed E-state index contributed by atoms with van der Waals surface area (Å²) in [6.45, 7) is 12.7. The van der Waals surface area contributed by atoms with Gasteiger partial charge in [-0.2, -0.15) is 4.31 Å². The molecule has 0 radical (unpaired) electrons. The van der Waals surface area contributed by atoms with Crippen LogP contribution in [0.5, 0.6) is 0 Å². The van der Waals surface area contributed by atoms with E-state index in [0.29, 0.717) is 30.4 Å². The van der Waals surface area contributed by atoms with Crippen LogP contribution in [0.2, 0.25) is 0 Å². The summed E-state index contributed by atoms with van der Waals surface area (Å²) < 4.78 is 32.6. The first-order valence-corrected chi connectivity index (χ1v) is 12.9. The van der Waals surface area contributed by atoms with Gasteiger partial charge in [0.15, 0.2) is 5.96 Å². The zero-order valence-electron chi connectivity index (χ0n) is 18.8. The number of hydrogen-bond acceptors (Lipinski definition) is 5. The molecule has 30 heavy (non-hydrogen) atoms. The summed E-state index contributed by atoms with van der Waals surface area (Å²) in [7, 11) is -3.37. The molecular formula is C20H39IN4O3S2. The van der Waals surface area contributed by atoms with Gasteiger partial charge in [0, 0.05) is 50.8 Å². The Morgan fingerprint density at radius 3 is 2.43 bits per heavy atom. The Labute approximate surface area is 204 Å². The third-order valence-corrected chi connectivity index (χ3v) is 7.97. The first-order valence-electron chi connectivity index (χ1n) is 10.7. The van der Waals surface area contributed by atoms with Gasteiger partial charge in [-0.25, -0.2) is 8.42 Å². The number of nitrogens with one attached hydrogen (secondary N) is 2. The van der Waals surface area contributed by atoms with Crippen molar-refractivity contribution in [3.63, 3.8) is 0 Å². The number of aliphatic imine (C=N–C) groups is 1. The standard InChI is InChI=1S/C20H38N4O3S2.HI/c1-5-9-16-27-17-10-14-22-20(21-6-2)23-15-13-18-11-12-19(28-18)29(25,26)24(7-3)8-4;/h11-12H,5-10,13-17H2,1-4H3,(H2,21,22,23);1H. The Kier molecular flexibility index (Phi) is 16.9. The lowest BCUT2D eigenvalue weighted by atomic mass is 10.3. The summed E-state index contributed by atoms with van der Waals surface area (Å²) in [5.74, 6) is 0.786. The van der Waals surface area contributed by atoms with Crippen molar-refractivity contribution in [2.45, 2.75) is 57.6 Å². The maximum Gasteiger partial charge on any atom is 0.252 e. The molecule has 0 aliphatic carbocycles. The van der Waals surface area contributed by atoms with Gasteiger partial charge in [-0.3, -0.25) is 4.99 Å². The van der Waals surface area contributed by atoms with Gasteiger partial charge < -0.3 is 15.4 Å². The van der Waals surface area contributed by atoms with Crippen molar-refractivity contribution in [1.29, 1.82) is 0 Å². The number of hydrogen-bond donors (Lipinski definition) is 2. The molecule has 1 rings (SSSR count). The first kappa shape index (κ1) is 29.6. The number of ether oxygens (including phenoxy) is 1. The summed E-state index contributed by atoms with van der Waals surface area (Å²) in [6.07, 6.45) is 3.91. The molecule has 1 heterocycles. The topological polar surface area (TPSA) is 83.0 Å². The molecule has 1 aromatic heterocycles. The Hall–Kier alpha value is -0.430. The van der Waals surface area contributed by atoms with Crippen LogP contribution in [-0.2, 0) is 21.2 Å². The second-order valence-electron chi connectivity index (χ2n) is 6.57. The Morgan fingerprint density at radius 2 is 1.80 bits per heavy atom. The van der Waals surface area contributed by atoms with E-state index in [0.717, 1.165) is 56.3 Å². The number of nitrogens with zero attached hydrogens (tertiary/aromatic N) is 2. The molecule has 10 heteroatoms. The van der Waals surface area contributed by atoms with Crippen molar-refractivity contribution in [2.24, 2.45) is 4.99 Å². The van der Waals surface area contributed by atoms with Crippen LogP contribution >= 0.6 is 35.3 Å². The highest BCUT2D eigenvalue weighted by Gasteiger charge is 2.23. The first-order chi connectivity index (χ1) is 14.0. The third-order valence-electron chi connectivity index (χ3n) is 4.30. The van der Waals surface area contributed by atoms with E-state index in [1.165, 1.54) is 15.6 Å². The molecule has 0 saturated heterocycles. The van der Waals surface area contributed by atoms with Crippen LogP contribution in [0.1, 0.15) is 51.8 Å². The van der Waals surface area contributed by atoms with E-state index in [2.05, 4.69) is 22.5 Å². The molecule has 7 nitrogen and oxygen atoms in total. The summed E-state index contributed by atoms with van der Waals surface area (Å²) in [4.78, 5) is 5.61. The largest absolute Gasteiger partial charge is 0.381 e. The number of unbranched alkanes of at least 4 members (excludes halogenated alkanes) is 1. The SMILES string of the molecule is CCCCOCCCN=C(NCC)NCCc1ccc(S(=O)(=O)N(CC)CC)s1.I. The fourth-order valence-electron chi connectivity index (χ4n) is 2.67. The van der Waals surface area contributed by atoms with E-state index in [4.69, 9.17) is 4.74 Å². The molecule has 0 saturated carbocycles. The third kappa shape index (κ3) is 10.7. The number of rotatable bonds is 15. The van der Waals surface area contributed by atoms with E-state index in [1.807, 2.05) is 26.8 Å². The van der Waals surface area contributed by atoms with Crippen molar-refractivity contribution in [2.75, 3.05) is 45.9 Å². The predicted molar refractivity (Wildman–Crippen MR) is 138 cm³/mol. The smallest absolute Gasteiger partial charge is 0.252 e. The lowest BCUT2D eigenvalue weighted by molar-refractivity contribution is 0.130. The average Bonchev–Trinajstić information content (AvgIpc) is 3.18. The quantitative estimate of drug-likeness (QED) is 0.145. The van der Waals surface area contributed by atoms with Crippen LogP contribution in [0.25, 0.3) is 0 Å². The van der Waals surface area contributed by atoms with E-state index < -0.39 is 10.0 Å². The molecule has 0 bridgehead atoms. The minimum absolute atomic E-state index is 0. The minimum atomic E-state index is -3.37. The Balaban J connectivity index is 0.00000841. The van der Waals surface area contributed by atoms with E-state index >= 15 is 0 Å². The van der Waals surface area contributed by atoms with Crippen molar-refractivity contribution >= 4 is 51.3 Å². The van der Waals surface area contributed by atoms with Gasteiger partial charge in [0.2, 0.25) is 0 Å². The van der Waals surface area contributed by atoms with Crippen LogP contribution in [0.15, 0.2) is 21.3 Å². The zero-order valence-corrected chi connectivity index (χ0v) is 22.7. The van der Waals surface area contributed by atoms with Gasteiger partial charge in [0.25, 0.3) is 10.0 Å². The second-order valence-corrected chi connectivity index (χ2v) is 9.90. The monoisotopic (exact) mass is 574 g/mol. The molecule has 0 fully saturated rings. The van der Waals surface area contributed by atoms with Crippen LogP contribution in [-0.4, -0.2) is 64.6 Å². The molecule has 0 aliphatic rings. The summed E-state index contributed by atoms with van der Waals surface area (Å²) in [6, 6.07) is 3.62. The van der Waals surface area contributed by atoms with E-state index in [-0.39, 0.29) is 24.0 Å². The van der Waals surface area contributed by atoms with Crippen molar-refractivity contribution in [3.8, 4) is 0 Å². The van der Waals surface area contributed by atoms with Gasteiger partial charge in [0.05, 0.1) is 0 Å². The van der Waals surface area contributed by atoms with E-state index in [9.17, 15) is 8.42 Å². The predicted octanol–water partition coefficient (Wildman–Crippen LogP) is 3.70. The number of thiophene rings is 1. The van der Waals surface area contributed by atoms with Gasteiger partial charge in [-0.05, 0) is 38.3 Å². The number of guanidine groups is 1. The molecule has 0 aromatic carbocycles. The van der Waals surface area contributed by atoms with Gasteiger partial charge >= 0.3 is 0 Å². The maximum atomic E-state index is 12.6. The summed E-state index contributed by atoms with van der Waals surface area (Å²) >= 11 is 1.35. The average molecular weight is 575 g/mol. The summed E-state index contributed by atoms with van der Waals surface area (Å²) in [5, 5.41) is 6.56. The lowest BCUT2D eigenvalue weighted by Gasteiger charge is -2.16. The van der Waals surface area contributed by atoms with Crippen molar-refractivity contribution in [3.05, 3.63) is 17.0 Å². The molecule has 0 amide bonds. The normalized spacial score (nSPS) is 12.1. The molecule has 0 atom stereocenters. The fraction of sp³-hybridized carbons (Fsp3) is 0.750. The Bertz CT molecular complexity index is 692.